The molecule has 1 aliphatic rings. The van der Waals surface area contributed by atoms with Gasteiger partial charge in [0.2, 0.25) is 0 Å². The zero-order valence-electron chi connectivity index (χ0n) is 6.52. The summed E-state index contributed by atoms with van der Waals surface area (Å²) in [6, 6.07) is 0.755. The average Bonchev–Trinajstić information content (AvgIpc) is 2.13. The van der Waals surface area contributed by atoms with E-state index in [0.29, 0.717) is 0 Å². The molecule has 1 saturated heterocycles. The lowest BCUT2D eigenvalue weighted by Crippen LogP contribution is -2.33. The van der Waals surface area contributed by atoms with Crippen LogP contribution in [-0.4, -0.2) is 38.1 Å². The predicted molar refractivity (Wildman–Crippen MR) is 39.5 cm³/mol. The van der Waals surface area contributed by atoms with Crippen molar-refractivity contribution in [2.24, 2.45) is 5.92 Å². The van der Waals surface area contributed by atoms with E-state index in [4.69, 9.17) is 0 Å². The zero-order valence-corrected chi connectivity index (χ0v) is 6.52. The van der Waals surface area contributed by atoms with Crippen molar-refractivity contribution >= 4 is 0 Å². The molecule has 2 heteroatoms. The van der Waals surface area contributed by atoms with Crippen LogP contribution in [0.2, 0.25) is 0 Å². The van der Waals surface area contributed by atoms with Crippen molar-refractivity contribution in [3.8, 4) is 0 Å². The number of nitrogens with one attached hydrogen (secondary N) is 1. The lowest BCUT2D eigenvalue weighted by Gasteiger charge is -2.21. The first-order valence-electron chi connectivity index (χ1n) is 3.59. The molecule has 9 heavy (non-hydrogen) atoms. The summed E-state index contributed by atoms with van der Waals surface area (Å²) < 4.78 is 0. The quantitative estimate of drug-likeness (QED) is 0.541. The van der Waals surface area contributed by atoms with E-state index in [1.807, 2.05) is 0 Å². The third kappa shape index (κ3) is 1.43. The minimum absolute atomic E-state index is 0.755. The van der Waals surface area contributed by atoms with Gasteiger partial charge in [0.25, 0.3) is 0 Å². The minimum atomic E-state index is 0.755. The maximum atomic E-state index is 3.36. The second-order valence-electron chi connectivity index (χ2n) is 3.17. The van der Waals surface area contributed by atoms with Crippen molar-refractivity contribution in [3.05, 3.63) is 0 Å². The fourth-order valence-electron chi connectivity index (χ4n) is 1.49. The van der Waals surface area contributed by atoms with Crippen molar-refractivity contribution < 1.29 is 0 Å². The molecule has 1 rings (SSSR count). The van der Waals surface area contributed by atoms with Gasteiger partial charge in [0.1, 0.15) is 0 Å². The van der Waals surface area contributed by atoms with E-state index < -0.39 is 0 Å². The van der Waals surface area contributed by atoms with Crippen LogP contribution in [0.3, 0.4) is 0 Å². The zero-order chi connectivity index (χ0) is 6.85. The van der Waals surface area contributed by atoms with E-state index in [-0.39, 0.29) is 0 Å². The molecule has 1 aliphatic heterocycles. The Labute approximate surface area is 57.2 Å². The van der Waals surface area contributed by atoms with Crippen LogP contribution in [0.15, 0.2) is 0 Å². The summed E-state index contributed by atoms with van der Waals surface area (Å²) in [7, 11) is 4.29. The molecular formula is C7H16N2. The SMILES string of the molecule is C[C@H]1CNC[C@H]1N(C)C. The number of likely N-dealkylation sites (N-methyl/N-ethyl adjacent to an activating group) is 1. The Morgan fingerprint density at radius 1 is 1.33 bits per heavy atom. The minimum Gasteiger partial charge on any atom is -0.315 e. The highest BCUT2D eigenvalue weighted by atomic mass is 15.2. The van der Waals surface area contributed by atoms with Crippen molar-refractivity contribution in [2.45, 2.75) is 13.0 Å². The van der Waals surface area contributed by atoms with E-state index in [1.165, 1.54) is 6.54 Å². The molecule has 1 N–H and O–H groups in total. The molecule has 2 atom stereocenters. The monoisotopic (exact) mass is 128 g/mol. The summed E-state index contributed by atoms with van der Waals surface area (Å²) in [6.45, 7) is 4.64. The molecule has 0 radical (unpaired) electrons. The summed E-state index contributed by atoms with van der Waals surface area (Å²) in [5, 5.41) is 3.36. The van der Waals surface area contributed by atoms with E-state index in [2.05, 4.69) is 31.2 Å². The van der Waals surface area contributed by atoms with Gasteiger partial charge < -0.3 is 10.2 Å². The van der Waals surface area contributed by atoms with Crippen molar-refractivity contribution in [3.63, 3.8) is 0 Å². The number of rotatable bonds is 1. The first-order chi connectivity index (χ1) is 4.22. The topological polar surface area (TPSA) is 15.3 Å². The molecule has 0 aromatic heterocycles. The van der Waals surface area contributed by atoms with Crippen LogP contribution in [0.1, 0.15) is 6.92 Å². The van der Waals surface area contributed by atoms with Gasteiger partial charge in [0.05, 0.1) is 0 Å². The molecular weight excluding hydrogens is 112 g/mol. The van der Waals surface area contributed by atoms with E-state index in [1.54, 1.807) is 0 Å². The number of nitrogens with zero attached hydrogens (tertiary/aromatic N) is 1. The van der Waals surface area contributed by atoms with E-state index in [9.17, 15) is 0 Å². The Morgan fingerprint density at radius 3 is 2.22 bits per heavy atom. The lowest BCUT2D eigenvalue weighted by molar-refractivity contribution is 0.266. The molecule has 0 spiro atoms. The maximum absolute atomic E-state index is 3.36. The van der Waals surface area contributed by atoms with Gasteiger partial charge >= 0.3 is 0 Å². The molecule has 0 saturated carbocycles. The van der Waals surface area contributed by atoms with Gasteiger partial charge in [-0.15, -0.1) is 0 Å². The number of hydrogen-bond donors (Lipinski definition) is 1. The summed E-state index contributed by atoms with van der Waals surface area (Å²) in [6.07, 6.45) is 0. The van der Waals surface area contributed by atoms with Crippen molar-refractivity contribution in [1.29, 1.82) is 0 Å². The van der Waals surface area contributed by atoms with Crippen LogP contribution in [0.5, 0.6) is 0 Å². The Hall–Kier alpha value is -0.0800. The highest BCUT2D eigenvalue weighted by Crippen LogP contribution is 2.11. The molecule has 0 aromatic carbocycles. The highest BCUT2D eigenvalue weighted by Gasteiger charge is 2.23. The van der Waals surface area contributed by atoms with Crippen LogP contribution in [-0.2, 0) is 0 Å². The van der Waals surface area contributed by atoms with Crippen LogP contribution in [0.4, 0.5) is 0 Å². The lowest BCUT2D eigenvalue weighted by atomic mass is 10.1. The van der Waals surface area contributed by atoms with Gasteiger partial charge in [0, 0.05) is 12.6 Å². The first kappa shape index (κ1) is 7.03. The van der Waals surface area contributed by atoms with Crippen LogP contribution in [0.25, 0.3) is 0 Å². The molecule has 0 bridgehead atoms. The second kappa shape index (κ2) is 2.67. The molecule has 1 heterocycles. The standard InChI is InChI=1S/C7H16N2/c1-6-4-8-5-7(6)9(2)3/h6-8H,4-5H2,1-3H3/t6-,7+/m0/s1. The van der Waals surface area contributed by atoms with Gasteiger partial charge in [0.15, 0.2) is 0 Å². The fourth-order valence-corrected chi connectivity index (χ4v) is 1.49. The van der Waals surface area contributed by atoms with Gasteiger partial charge in [-0.25, -0.2) is 0 Å². The summed E-state index contributed by atoms with van der Waals surface area (Å²) >= 11 is 0. The van der Waals surface area contributed by atoms with E-state index >= 15 is 0 Å². The summed E-state index contributed by atoms with van der Waals surface area (Å²) in [5.41, 5.74) is 0. The molecule has 0 amide bonds. The summed E-state index contributed by atoms with van der Waals surface area (Å²) in [5.74, 6) is 0.819. The third-order valence-electron chi connectivity index (χ3n) is 2.14. The van der Waals surface area contributed by atoms with Gasteiger partial charge in [-0.3, -0.25) is 0 Å². The first-order valence-corrected chi connectivity index (χ1v) is 3.59. The van der Waals surface area contributed by atoms with Crippen LogP contribution in [0, 0.1) is 5.92 Å². The van der Waals surface area contributed by atoms with Crippen LogP contribution < -0.4 is 5.32 Å². The highest BCUT2D eigenvalue weighted by molar-refractivity contribution is 4.83. The Morgan fingerprint density at radius 2 is 2.00 bits per heavy atom. The smallest absolute Gasteiger partial charge is 0.0252 e. The van der Waals surface area contributed by atoms with Gasteiger partial charge in [-0.2, -0.15) is 0 Å². The molecule has 54 valence electrons. The van der Waals surface area contributed by atoms with Crippen LogP contribution >= 0.6 is 0 Å². The Balaban J connectivity index is 2.40. The van der Waals surface area contributed by atoms with Gasteiger partial charge in [-0.05, 0) is 26.6 Å². The molecule has 1 fully saturated rings. The van der Waals surface area contributed by atoms with Gasteiger partial charge in [-0.1, -0.05) is 6.92 Å². The third-order valence-corrected chi connectivity index (χ3v) is 2.14. The number of hydrogen-bond acceptors (Lipinski definition) is 2. The molecule has 0 aromatic rings. The predicted octanol–water partition coefficient (Wildman–Crippen LogP) is 0.156. The molecule has 0 aliphatic carbocycles. The van der Waals surface area contributed by atoms with E-state index in [0.717, 1.165) is 18.5 Å². The second-order valence-corrected chi connectivity index (χ2v) is 3.17. The van der Waals surface area contributed by atoms with Crippen molar-refractivity contribution in [2.75, 3.05) is 27.2 Å². The van der Waals surface area contributed by atoms with Crippen molar-refractivity contribution in [1.82, 2.24) is 10.2 Å². The fraction of sp³-hybridized carbons (Fsp3) is 1.00. The Bertz CT molecular complexity index is 90.9. The molecule has 0 unspecified atom stereocenters. The largest absolute Gasteiger partial charge is 0.315 e. The Kier molecular flexibility index (Phi) is 2.09. The molecule has 2 nitrogen and oxygen atoms in total. The normalized spacial score (nSPS) is 36.0. The average molecular weight is 128 g/mol. The maximum Gasteiger partial charge on any atom is 0.0252 e. The summed E-state index contributed by atoms with van der Waals surface area (Å²) in [4.78, 5) is 2.30.